The van der Waals surface area contributed by atoms with Gasteiger partial charge in [-0.3, -0.25) is 9.58 Å². The quantitative estimate of drug-likeness (QED) is 0.908. The second kappa shape index (κ2) is 5.50. The fourth-order valence-corrected chi connectivity index (χ4v) is 2.84. The fraction of sp³-hybridized carbons (Fsp3) is 0.750. The number of halogens is 1. The Balaban J connectivity index is 3.07. The first-order chi connectivity index (χ1) is 7.86. The van der Waals surface area contributed by atoms with Crippen molar-refractivity contribution in [2.24, 2.45) is 7.05 Å². The Kier molecular flexibility index (Phi) is 4.75. The van der Waals surface area contributed by atoms with Gasteiger partial charge in [-0.1, -0.05) is 13.8 Å². The summed E-state index contributed by atoms with van der Waals surface area (Å²) < 4.78 is 2.58. The Bertz CT molecular complexity index is 352. The fourth-order valence-electron chi connectivity index (χ4n) is 2.27. The molecule has 0 bridgehead atoms. The first-order valence-corrected chi connectivity index (χ1v) is 6.76. The van der Waals surface area contributed by atoms with Crippen LogP contribution >= 0.6 is 15.9 Å². The Morgan fingerprint density at radius 1 is 1.47 bits per heavy atom. The van der Waals surface area contributed by atoms with E-state index in [2.05, 4.69) is 53.6 Å². The summed E-state index contributed by atoms with van der Waals surface area (Å²) in [5.41, 5.74) is 0.502. The molecule has 1 aromatic heterocycles. The van der Waals surface area contributed by atoms with Crippen LogP contribution in [0.1, 0.15) is 39.5 Å². The lowest BCUT2D eigenvalue weighted by atomic mass is 9.92. The summed E-state index contributed by atoms with van der Waals surface area (Å²) in [7, 11) is 1.85. The molecule has 0 fully saturated rings. The minimum atomic E-state index is -0.579. The van der Waals surface area contributed by atoms with E-state index >= 15 is 0 Å². The van der Waals surface area contributed by atoms with Crippen LogP contribution in [-0.4, -0.2) is 38.4 Å². The predicted molar refractivity (Wildman–Crippen MR) is 72.9 cm³/mol. The average Bonchev–Trinajstić information content (AvgIpc) is 2.59. The monoisotopic (exact) mass is 303 g/mol. The van der Waals surface area contributed by atoms with E-state index in [9.17, 15) is 5.11 Å². The molecule has 1 heterocycles. The number of hydrogen-bond acceptors (Lipinski definition) is 3. The lowest BCUT2D eigenvalue weighted by Gasteiger charge is -2.41. The van der Waals surface area contributed by atoms with E-state index in [-0.39, 0.29) is 5.54 Å². The van der Waals surface area contributed by atoms with Crippen LogP contribution < -0.4 is 0 Å². The van der Waals surface area contributed by atoms with Gasteiger partial charge in [0.05, 0.1) is 16.4 Å². The highest BCUT2D eigenvalue weighted by Gasteiger charge is 2.36. The van der Waals surface area contributed by atoms with Gasteiger partial charge in [-0.05, 0) is 42.9 Å². The van der Waals surface area contributed by atoms with Crippen LogP contribution in [0.4, 0.5) is 0 Å². The third-order valence-corrected chi connectivity index (χ3v) is 4.06. The van der Waals surface area contributed by atoms with E-state index in [0.717, 1.165) is 23.3 Å². The van der Waals surface area contributed by atoms with E-state index < -0.39 is 6.10 Å². The molecule has 1 atom stereocenters. The van der Waals surface area contributed by atoms with Gasteiger partial charge in [-0.2, -0.15) is 5.10 Å². The lowest BCUT2D eigenvalue weighted by Crippen LogP contribution is -2.48. The van der Waals surface area contributed by atoms with Gasteiger partial charge in [0, 0.05) is 12.6 Å². The van der Waals surface area contributed by atoms with Gasteiger partial charge < -0.3 is 5.11 Å². The standard InChI is InChI=1S/C12H22BrN3O/c1-6-16(7-2)12(3,4)11(17)10-9(13)8-14-15(10)5/h8,11,17H,6-7H2,1-5H3. The molecule has 0 aromatic carbocycles. The van der Waals surface area contributed by atoms with Crippen LogP contribution in [0, 0.1) is 0 Å². The van der Waals surface area contributed by atoms with E-state index in [1.165, 1.54) is 0 Å². The van der Waals surface area contributed by atoms with Crippen molar-refractivity contribution in [3.8, 4) is 0 Å². The molecule has 0 saturated heterocycles. The smallest absolute Gasteiger partial charge is 0.114 e. The zero-order valence-corrected chi connectivity index (χ0v) is 12.8. The van der Waals surface area contributed by atoms with E-state index in [1.54, 1.807) is 10.9 Å². The maximum Gasteiger partial charge on any atom is 0.114 e. The number of aliphatic hydroxyl groups excluding tert-OH is 1. The van der Waals surface area contributed by atoms with Crippen LogP contribution in [-0.2, 0) is 7.05 Å². The normalized spacial score (nSPS) is 14.4. The molecular formula is C12H22BrN3O. The number of nitrogens with zero attached hydrogens (tertiary/aromatic N) is 3. The molecule has 5 heteroatoms. The van der Waals surface area contributed by atoms with Crippen molar-refractivity contribution in [3.63, 3.8) is 0 Å². The Morgan fingerprint density at radius 2 is 2.00 bits per heavy atom. The molecule has 4 nitrogen and oxygen atoms in total. The second-order valence-corrected chi connectivity index (χ2v) is 5.58. The zero-order chi connectivity index (χ0) is 13.2. The summed E-state index contributed by atoms with van der Waals surface area (Å²) >= 11 is 3.44. The average molecular weight is 304 g/mol. The molecule has 17 heavy (non-hydrogen) atoms. The van der Waals surface area contributed by atoms with Crippen molar-refractivity contribution in [1.82, 2.24) is 14.7 Å². The number of likely N-dealkylation sites (N-methyl/N-ethyl adjacent to an activating group) is 1. The van der Waals surface area contributed by atoms with E-state index in [0.29, 0.717) is 0 Å². The molecule has 1 unspecified atom stereocenters. The van der Waals surface area contributed by atoms with Gasteiger partial charge in [-0.15, -0.1) is 0 Å². The van der Waals surface area contributed by atoms with Crippen LogP contribution in [0.5, 0.6) is 0 Å². The van der Waals surface area contributed by atoms with Gasteiger partial charge >= 0.3 is 0 Å². The summed E-state index contributed by atoms with van der Waals surface area (Å²) in [5.74, 6) is 0. The largest absolute Gasteiger partial charge is 0.385 e. The lowest BCUT2D eigenvalue weighted by molar-refractivity contribution is -0.0110. The number of aryl methyl sites for hydroxylation is 1. The van der Waals surface area contributed by atoms with Gasteiger partial charge in [0.25, 0.3) is 0 Å². The number of hydrogen-bond donors (Lipinski definition) is 1. The van der Waals surface area contributed by atoms with Crippen molar-refractivity contribution < 1.29 is 5.11 Å². The highest BCUT2D eigenvalue weighted by Crippen LogP contribution is 2.34. The van der Waals surface area contributed by atoms with E-state index in [1.807, 2.05) is 7.05 Å². The molecule has 1 rings (SSSR count). The van der Waals surface area contributed by atoms with Crippen LogP contribution in [0.15, 0.2) is 10.7 Å². The van der Waals surface area contributed by atoms with Crippen molar-refractivity contribution >= 4 is 15.9 Å². The second-order valence-electron chi connectivity index (χ2n) is 4.73. The number of aromatic nitrogens is 2. The third-order valence-electron chi connectivity index (χ3n) is 3.44. The molecule has 0 spiro atoms. The Hall–Kier alpha value is -0.390. The first-order valence-electron chi connectivity index (χ1n) is 5.96. The summed E-state index contributed by atoms with van der Waals surface area (Å²) in [5, 5.41) is 14.8. The summed E-state index contributed by atoms with van der Waals surface area (Å²) in [6, 6.07) is 0. The maximum absolute atomic E-state index is 10.6. The topological polar surface area (TPSA) is 41.3 Å². The molecular weight excluding hydrogens is 282 g/mol. The molecule has 0 amide bonds. The third kappa shape index (κ3) is 2.72. The minimum Gasteiger partial charge on any atom is -0.385 e. The van der Waals surface area contributed by atoms with Gasteiger partial charge in [0.15, 0.2) is 0 Å². The molecule has 1 aromatic rings. The van der Waals surface area contributed by atoms with Crippen molar-refractivity contribution in [3.05, 3.63) is 16.4 Å². The summed E-state index contributed by atoms with van der Waals surface area (Å²) in [6.07, 6.45) is 1.14. The Morgan fingerprint density at radius 3 is 2.35 bits per heavy atom. The number of aliphatic hydroxyl groups is 1. The van der Waals surface area contributed by atoms with Crippen LogP contribution in [0.2, 0.25) is 0 Å². The van der Waals surface area contributed by atoms with Crippen molar-refractivity contribution in [2.75, 3.05) is 13.1 Å². The Labute approximate surface area is 112 Å². The maximum atomic E-state index is 10.6. The molecule has 0 aliphatic carbocycles. The molecule has 1 N–H and O–H groups in total. The summed E-state index contributed by atoms with van der Waals surface area (Å²) in [4.78, 5) is 2.25. The zero-order valence-electron chi connectivity index (χ0n) is 11.2. The van der Waals surface area contributed by atoms with Crippen LogP contribution in [0.25, 0.3) is 0 Å². The highest BCUT2D eigenvalue weighted by atomic mass is 79.9. The molecule has 0 aliphatic rings. The van der Waals surface area contributed by atoms with Crippen molar-refractivity contribution in [2.45, 2.75) is 39.3 Å². The number of rotatable bonds is 5. The highest BCUT2D eigenvalue weighted by molar-refractivity contribution is 9.10. The molecule has 0 aliphatic heterocycles. The summed E-state index contributed by atoms with van der Waals surface area (Å²) in [6.45, 7) is 10.2. The van der Waals surface area contributed by atoms with E-state index in [4.69, 9.17) is 0 Å². The first kappa shape index (κ1) is 14.7. The van der Waals surface area contributed by atoms with Gasteiger partial charge in [0.2, 0.25) is 0 Å². The van der Waals surface area contributed by atoms with Gasteiger partial charge in [-0.25, -0.2) is 0 Å². The van der Waals surface area contributed by atoms with Crippen molar-refractivity contribution in [1.29, 1.82) is 0 Å². The SMILES string of the molecule is CCN(CC)C(C)(C)C(O)c1c(Br)cnn1C. The molecule has 98 valence electrons. The minimum absolute atomic E-state index is 0.320. The molecule has 0 radical (unpaired) electrons. The van der Waals surface area contributed by atoms with Crippen LogP contribution in [0.3, 0.4) is 0 Å². The van der Waals surface area contributed by atoms with Gasteiger partial charge in [0.1, 0.15) is 6.10 Å². The predicted octanol–water partition coefficient (Wildman–Crippen LogP) is 2.34. The molecule has 0 saturated carbocycles.